The summed E-state index contributed by atoms with van der Waals surface area (Å²) in [5, 5.41) is 0. The van der Waals surface area contributed by atoms with Gasteiger partial charge in [-0.15, -0.1) is 0 Å². The Hall–Kier alpha value is -2.93. The van der Waals surface area contributed by atoms with E-state index in [1.807, 2.05) is 5.43 Å². The molecule has 0 spiro atoms. The molecule has 0 radical (unpaired) electrons. The van der Waals surface area contributed by atoms with E-state index in [0.717, 1.165) is 0 Å². The van der Waals surface area contributed by atoms with E-state index in [4.69, 9.17) is 10.3 Å². The van der Waals surface area contributed by atoms with Gasteiger partial charge in [0.2, 0.25) is 0 Å². The van der Waals surface area contributed by atoms with Crippen LogP contribution in [0.2, 0.25) is 0 Å². The van der Waals surface area contributed by atoms with Gasteiger partial charge in [-0.2, -0.15) is 0 Å². The number of hydrogen-bond acceptors (Lipinski definition) is 5. The van der Waals surface area contributed by atoms with Crippen LogP contribution in [-0.4, -0.2) is 17.6 Å². The van der Waals surface area contributed by atoms with Crippen molar-refractivity contribution in [3.8, 4) is 0 Å². The first kappa shape index (κ1) is 13.1. The molecule has 0 atom stereocenters. The normalized spacial score (nSPS) is 13.5. The number of nitrogens with one attached hydrogen (secondary N) is 1. The van der Waals surface area contributed by atoms with Crippen LogP contribution in [0.4, 0.5) is 5.69 Å². The molecule has 2 aromatic rings. The number of anilines is 1. The zero-order valence-corrected chi connectivity index (χ0v) is 10.8. The molecule has 1 aliphatic rings. The highest BCUT2D eigenvalue weighted by Crippen LogP contribution is 2.30. The van der Waals surface area contributed by atoms with E-state index in [2.05, 4.69) is 0 Å². The van der Waals surface area contributed by atoms with E-state index < -0.39 is 17.6 Å². The highest BCUT2D eigenvalue weighted by molar-refractivity contribution is 6.52. The van der Waals surface area contributed by atoms with E-state index in [1.165, 1.54) is 17.2 Å². The Morgan fingerprint density at radius 2 is 2.05 bits per heavy atom. The average molecular weight is 285 g/mol. The molecule has 2 heterocycles. The van der Waals surface area contributed by atoms with Crippen LogP contribution in [0.3, 0.4) is 0 Å². The van der Waals surface area contributed by atoms with Crippen molar-refractivity contribution in [2.75, 3.05) is 4.90 Å². The molecule has 7 nitrogen and oxygen atoms in total. The lowest BCUT2D eigenvalue weighted by Crippen LogP contribution is -2.30. The van der Waals surface area contributed by atoms with Crippen molar-refractivity contribution in [2.24, 2.45) is 5.84 Å². The topological polar surface area (TPSA) is 106 Å². The minimum atomic E-state index is -0.613. The summed E-state index contributed by atoms with van der Waals surface area (Å²) in [4.78, 5) is 36.5. The number of hydrazine groups is 1. The summed E-state index contributed by atoms with van der Waals surface area (Å²) in [7, 11) is 0. The first-order valence-corrected chi connectivity index (χ1v) is 6.15. The molecule has 0 bridgehead atoms. The van der Waals surface area contributed by atoms with Crippen LogP contribution in [0.5, 0.6) is 0 Å². The van der Waals surface area contributed by atoms with Crippen LogP contribution >= 0.6 is 0 Å². The molecular formula is C14H11N3O4. The Bertz CT molecular complexity index is 750. The van der Waals surface area contributed by atoms with Gasteiger partial charge >= 0.3 is 0 Å². The Morgan fingerprint density at radius 1 is 1.29 bits per heavy atom. The average Bonchev–Trinajstić information content (AvgIpc) is 3.07. The second kappa shape index (κ2) is 4.88. The van der Waals surface area contributed by atoms with Crippen molar-refractivity contribution in [3.05, 3.63) is 53.5 Å². The number of fused-ring (bicyclic) bond motifs is 1. The number of nitrogen functional groups attached to an aromatic ring is 1. The van der Waals surface area contributed by atoms with Crippen LogP contribution in [-0.2, 0) is 11.3 Å². The van der Waals surface area contributed by atoms with Crippen molar-refractivity contribution in [2.45, 2.75) is 6.54 Å². The lowest BCUT2D eigenvalue weighted by Gasteiger charge is -2.14. The lowest BCUT2D eigenvalue weighted by atomic mass is 10.1. The third-order valence-corrected chi connectivity index (χ3v) is 3.24. The Morgan fingerprint density at radius 3 is 2.81 bits per heavy atom. The standard InChI is InChI=1S/C14H11N3O4/c15-16-13(19)8-5-9(21-7-8)6-17-11-4-2-1-3-10(11)12(18)14(17)20/h1-5,7H,6,15H2,(H,16,19). The van der Waals surface area contributed by atoms with Gasteiger partial charge < -0.3 is 4.42 Å². The van der Waals surface area contributed by atoms with Gasteiger partial charge in [-0.1, -0.05) is 12.1 Å². The molecule has 0 aliphatic carbocycles. The van der Waals surface area contributed by atoms with Crippen LogP contribution in [0, 0.1) is 0 Å². The van der Waals surface area contributed by atoms with E-state index in [-0.39, 0.29) is 12.1 Å². The number of ketones is 1. The Kier molecular flexibility index (Phi) is 3.03. The highest BCUT2D eigenvalue weighted by atomic mass is 16.3. The largest absolute Gasteiger partial charge is 0.467 e. The molecule has 1 aromatic carbocycles. The zero-order chi connectivity index (χ0) is 15.0. The van der Waals surface area contributed by atoms with Gasteiger partial charge in [0.1, 0.15) is 12.0 Å². The van der Waals surface area contributed by atoms with Crippen molar-refractivity contribution in [3.63, 3.8) is 0 Å². The van der Waals surface area contributed by atoms with Crippen molar-refractivity contribution < 1.29 is 18.8 Å². The zero-order valence-electron chi connectivity index (χ0n) is 10.8. The van der Waals surface area contributed by atoms with E-state index in [0.29, 0.717) is 17.0 Å². The van der Waals surface area contributed by atoms with Gasteiger partial charge in [-0.25, -0.2) is 5.84 Å². The second-order valence-corrected chi connectivity index (χ2v) is 4.51. The van der Waals surface area contributed by atoms with Crippen molar-refractivity contribution in [1.29, 1.82) is 0 Å². The van der Waals surface area contributed by atoms with E-state index in [9.17, 15) is 14.4 Å². The van der Waals surface area contributed by atoms with Gasteiger partial charge in [0, 0.05) is 0 Å². The number of nitrogens with two attached hydrogens (primary N) is 1. The summed E-state index contributed by atoms with van der Waals surface area (Å²) >= 11 is 0. The highest BCUT2D eigenvalue weighted by Gasteiger charge is 2.35. The number of rotatable bonds is 3. The monoisotopic (exact) mass is 285 g/mol. The summed E-state index contributed by atoms with van der Waals surface area (Å²) in [5.74, 6) is 3.76. The smallest absolute Gasteiger partial charge is 0.299 e. The maximum absolute atomic E-state index is 12.0. The minimum absolute atomic E-state index is 0.0689. The maximum Gasteiger partial charge on any atom is 0.299 e. The van der Waals surface area contributed by atoms with Gasteiger partial charge in [0.25, 0.3) is 17.6 Å². The van der Waals surface area contributed by atoms with E-state index in [1.54, 1.807) is 24.3 Å². The fraction of sp³-hybridized carbons (Fsp3) is 0.0714. The number of furan rings is 1. The van der Waals surface area contributed by atoms with Crippen LogP contribution in [0.15, 0.2) is 41.0 Å². The molecule has 3 N–H and O–H groups in total. The fourth-order valence-electron chi connectivity index (χ4n) is 2.23. The Labute approximate surface area is 119 Å². The summed E-state index contributed by atoms with van der Waals surface area (Å²) in [6.07, 6.45) is 1.24. The number of carbonyl (C=O) groups excluding carboxylic acids is 3. The number of hydrogen-bond donors (Lipinski definition) is 2. The summed E-state index contributed by atoms with van der Waals surface area (Å²) in [5.41, 5.74) is 3.14. The first-order valence-electron chi connectivity index (χ1n) is 6.15. The molecule has 0 unspecified atom stereocenters. The minimum Gasteiger partial charge on any atom is -0.467 e. The molecule has 0 fully saturated rings. The molecule has 0 saturated carbocycles. The predicted molar refractivity (Wildman–Crippen MR) is 72.3 cm³/mol. The van der Waals surface area contributed by atoms with Gasteiger partial charge in [-0.05, 0) is 18.2 Å². The first-order chi connectivity index (χ1) is 10.1. The second-order valence-electron chi connectivity index (χ2n) is 4.51. The van der Waals surface area contributed by atoms with Crippen LogP contribution < -0.4 is 16.2 Å². The molecular weight excluding hydrogens is 274 g/mol. The number of amides is 2. The third-order valence-electron chi connectivity index (χ3n) is 3.24. The molecule has 7 heteroatoms. The molecule has 3 rings (SSSR count). The third kappa shape index (κ3) is 2.09. The predicted octanol–water partition coefficient (Wildman–Crippen LogP) is 0.613. The van der Waals surface area contributed by atoms with Gasteiger partial charge in [0.15, 0.2) is 0 Å². The van der Waals surface area contributed by atoms with E-state index >= 15 is 0 Å². The number of carbonyl (C=O) groups is 3. The lowest BCUT2D eigenvalue weighted by molar-refractivity contribution is -0.114. The molecule has 106 valence electrons. The summed E-state index contributed by atoms with van der Waals surface area (Å²) in [6, 6.07) is 8.21. The molecule has 1 aromatic heterocycles. The molecule has 2 amide bonds. The summed E-state index contributed by atoms with van der Waals surface area (Å²) in [6.45, 7) is 0.0689. The molecule has 0 saturated heterocycles. The van der Waals surface area contributed by atoms with Crippen molar-refractivity contribution in [1.82, 2.24) is 5.43 Å². The van der Waals surface area contributed by atoms with Crippen LogP contribution in [0.1, 0.15) is 26.5 Å². The maximum atomic E-state index is 12.0. The van der Waals surface area contributed by atoms with Crippen molar-refractivity contribution >= 4 is 23.3 Å². The quantitative estimate of drug-likeness (QED) is 0.372. The number of Topliss-reactive ketones (excluding diaryl/α,β-unsaturated/α-hetero) is 1. The number of nitrogens with zero attached hydrogens (tertiary/aromatic N) is 1. The van der Waals surface area contributed by atoms with Gasteiger partial charge in [0.05, 0.1) is 23.4 Å². The fourth-order valence-corrected chi connectivity index (χ4v) is 2.23. The van der Waals surface area contributed by atoms with Crippen LogP contribution in [0.25, 0.3) is 0 Å². The number of benzene rings is 1. The number of para-hydroxylation sites is 1. The molecule has 21 heavy (non-hydrogen) atoms. The Balaban J connectivity index is 1.88. The SMILES string of the molecule is NNC(=O)c1coc(CN2C(=O)C(=O)c3ccccc32)c1. The molecule has 1 aliphatic heterocycles. The summed E-state index contributed by atoms with van der Waals surface area (Å²) < 4.78 is 5.23. The van der Waals surface area contributed by atoms with Gasteiger partial charge in [-0.3, -0.25) is 24.7 Å².